The molecule has 1 heterocycles. The van der Waals surface area contributed by atoms with E-state index in [1.54, 1.807) is 18.2 Å². The fourth-order valence-corrected chi connectivity index (χ4v) is 3.82. The summed E-state index contributed by atoms with van der Waals surface area (Å²) in [6, 6.07) is 11.0. The van der Waals surface area contributed by atoms with Crippen molar-refractivity contribution in [3.63, 3.8) is 0 Å². The second-order valence-electron chi connectivity index (χ2n) is 8.16. The number of Topliss-reactive ketones (excluding diaryl/α,β-unsaturated/α-hetero) is 1. The summed E-state index contributed by atoms with van der Waals surface area (Å²) in [6.45, 7) is 2.98. The standard InChI is InChI=1S/C25H29NO6/c1-16(27)18-7-9-20(22(14-18)29-2)30-11-3-4-24(28)26-25(17-5-6-17)19-8-10-21-23(15-19)32-13-12-31-21/h7-10,14-15,17,25H,3-6,11-13H2,1-2H3,(H,26,28). The molecule has 0 aromatic heterocycles. The lowest BCUT2D eigenvalue weighted by Crippen LogP contribution is -2.30. The van der Waals surface area contributed by atoms with Crippen molar-refractivity contribution >= 4 is 11.7 Å². The lowest BCUT2D eigenvalue weighted by molar-refractivity contribution is -0.122. The van der Waals surface area contributed by atoms with E-state index in [2.05, 4.69) is 5.32 Å². The number of carbonyl (C=O) groups is 2. The highest BCUT2D eigenvalue weighted by Gasteiger charge is 2.34. The van der Waals surface area contributed by atoms with Crippen LogP contribution in [-0.2, 0) is 4.79 Å². The zero-order chi connectivity index (χ0) is 22.5. The van der Waals surface area contributed by atoms with Crippen LogP contribution < -0.4 is 24.3 Å². The van der Waals surface area contributed by atoms with E-state index in [0.29, 0.717) is 55.6 Å². The van der Waals surface area contributed by atoms with E-state index in [-0.39, 0.29) is 17.7 Å². The van der Waals surface area contributed by atoms with Gasteiger partial charge >= 0.3 is 0 Å². The number of ether oxygens (including phenoxy) is 4. The molecule has 4 rings (SSSR count). The molecule has 1 atom stereocenters. The third-order valence-corrected chi connectivity index (χ3v) is 5.71. The molecule has 1 aliphatic heterocycles. The third-order valence-electron chi connectivity index (χ3n) is 5.71. The van der Waals surface area contributed by atoms with Gasteiger partial charge in [0.2, 0.25) is 5.91 Å². The summed E-state index contributed by atoms with van der Waals surface area (Å²) in [5.74, 6) is 2.99. The Morgan fingerprint density at radius 2 is 1.84 bits per heavy atom. The number of nitrogens with one attached hydrogen (secondary N) is 1. The summed E-state index contributed by atoms with van der Waals surface area (Å²) in [6.07, 6.45) is 3.15. The molecule has 32 heavy (non-hydrogen) atoms. The molecule has 1 fully saturated rings. The minimum Gasteiger partial charge on any atom is -0.493 e. The normalized spacial score (nSPS) is 15.6. The molecule has 1 aliphatic carbocycles. The highest BCUT2D eigenvalue weighted by Crippen LogP contribution is 2.43. The van der Waals surface area contributed by atoms with Gasteiger partial charge in [-0.2, -0.15) is 0 Å². The number of hydrogen-bond acceptors (Lipinski definition) is 6. The smallest absolute Gasteiger partial charge is 0.220 e. The fraction of sp³-hybridized carbons (Fsp3) is 0.440. The molecule has 170 valence electrons. The molecule has 0 bridgehead atoms. The van der Waals surface area contributed by atoms with Crippen LogP contribution in [0, 0.1) is 5.92 Å². The molecule has 1 amide bonds. The first-order valence-corrected chi connectivity index (χ1v) is 11.1. The second kappa shape index (κ2) is 9.94. The lowest BCUT2D eigenvalue weighted by Gasteiger charge is -2.23. The van der Waals surface area contributed by atoms with Crippen molar-refractivity contribution in [2.75, 3.05) is 26.9 Å². The molecule has 2 aliphatic rings. The van der Waals surface area contributed by atoms with Crippen LogP contribution in [0.5, 0.6) is 23.0 Å². The number of hydrogen-bond donors (Lipinski definition) is 1. The van der Waals surface area contributed by atoms with E-state index in [1.807, 2.05) is 18.2 Å². The fourth-order valence-electron chi connectivity index (χ4n) is 3.82. The van der Waals surface area contributed by atoms with Gasteiger partial charge in [0.15, 0.2) is 28.8 Å². The summed E-state index contributed by atoms with van der Waals surface area (Å²) < 4.78 is 22.4. The van der Waals surface area contributed by atoms with Crippen LogP contribution in [-0.4, -0.2) is 38.6 Å². The van der Waals surface area contributed by atoms with Gasteiger partial charge in [-0.15, -0.1) is 0 Å². The molecule has 0 radical (unpaired) electrons. The van der Waals surface area contributed by atoms with Crippen molar-refractivity contribution in [3.8, 4) is 23.0 Å². The molecule has 7 heteroatoms. The SMILES string of the molecule is COc1cc(C(C)=O)ccc1OCCCC(=O)NC(c1ccc2c(c1)OCCO2)C1CC1. The van der Waals surface area contributed by atoms with E-state index < -0.39 is 0 Å². The van der Waals surface area contributed by atoms with Gasteiger partial charge in [0, 0.05) is 12.0 Å². The van der Waals surface area contributed by atoms with Crippen molar-refractivity contribution in [3.05, 3.63) is 47.5 Å². The number of benzene rings is 2. The van der Waals surface area contributed by atoms with Gasteiger partial charge in [-0.25, -0.2) is 0 Å². The Morgan fingerprint density at radius 1 is 1.06 bits per heavy atom. The predicted molar refractivity (Wildman–Crippen MR) is 119 cm³/mol. The first-order valence-electron chi connectivity index (χ1n) is 11.1. The van der Waals surface area contributed by atoms with E-state index in [1.165, 1.54) is 14.0 Å². The summed E-state index contributed by atoms with van der Waals surface area (Å²) in [5.41, 5.74) is 1.62. The van der Waals surface area contributed by atoms with E-state index in [9.17, 15) is 9.59 Å². The number of methoxy groups -OCH3 is 1. The van der Waals surface area contributed by atoms with Crippen LogP contribution in [0.3, 0.4) is 0 Å². The van der Waals surface area contributed by atoms with Crippen LogP contribution >= 0.6 is 0 Å². The Kier molecular flexibility index (Phi) is 6.83. The molecular weight excluding hydrogens is 410 g/mol. The number of carbonyl (C=O) groups excluding carboxylic acids is 2. The maximum absolute atomic E-state index is 12.6. The van der Waals surface area contributed by atoms with E-state index in [0.717, 1.165) is 29.9 Å². The largest absolute Gasteiger partial charge is 0.493 e. The minimum atomic E-state index is -0.0326. The maximum Gasteiger partial charge on any atom is 0.220 e. The third kappa shape index (κ3) is 5.33. The average molecular weight is 440 g/mol. The van der Waals surface area contributed by atoms with Gasteiger partial charge in [0.1, 0.15) is 13.2 Å². The van der Waals surface area contributed by atoms with Crippen molar-refractivity contribution < 1.29 is 28.5 Å². The van der Waals surface area contributed by atoms with Gasteiger partial charge in [0.25, 0.3) is 0 Å². The van der Waals surface area contributed by atoms with Crippen LogP contribution in [0.15, 0.2) is 36.4 Å². The van der Waals surface area contributed by atoms with E-state index in [4.69, 9.17) is 18.9 Å². The molecule has 7 nitrogen and oxygen atoms in total. The van der Waals surface area contributed by atoms with E-state index >= 15 is 0 Å². The maximum atomic E-state index is 12.6. The Balaban J connectivity index is 1.29. The van der Waals surface area contributed by atoms with Crippen LogP contribution in [0.4, 0.5) is 0 Å². The number of rotatable bonds is 10. The highest BCUT2D eigenvalue weighted by atomic mass is 16.6. The molecule has 1 unspecified atom stereocenters. The summed E-state index contributed by atoms with van der Waals surface area (Å²) >= 11 is 0. The quantitative estimate of drug-likeness (QED) is 0.443. The van der Waals surface area contributed by atoms with Crippen molar-refractivity contribution in [2.24, 2.45) is 5.92 Å². The van der Waals surface area contributed by atoms with Crippen LogP contribution in [0.25, 0.3) is 0 Å². The monoisotopic (exact) mass is 439 g/mol. The second-order valence-corrected chi connectivity index (χ2v) is 8.16. The zero-order valence-corrected chi connectivity index (χ0v) is 18.5. The summed E-state index contributed by atoms with van der Waals surface area (Å²) in [4.78, 5) is 24.1. The topological polar surface area (TPSA) is 83.1 Å². The highest BCUT2D eigenvalue weighted by molar-refractivity contribution is 5.94. The van der Waals surface area contributed by atoms with Gasteiger partial charge in [0.05, 0.1) is 19.8 Å². The molecular formula is C25H29NO6. The molecule has 2 aromatic carbocycles. The van der Waals surface area contributed by atoms with Gasteiger partial charge in [-0.3, -0.25) is 9.59 Å². The first kappa shape index (κ1) is 22.0. The Morgan fingerprint density at radius 3 is 2.56 bits per heavy atom. The molecule has 0 spiro atoms. The van der Waals surface area contributed by atoms with Crippen LogP contribution in [0.2, 0.25) is 0 Å². The number of amides is 1. The van der Waals surface area contributed by atoms with Gasteiger partial charge < -0.3 is 24.3 Å². The molecule has 1 N–H and O–H groups in total. The van der Waals surface area contributed by atoms with Gasteiger partial charge in [-0.05, 0) is 68.0 Å². The Bertz CT molecular complexity index is 984. The summed E-state index contributed by atoms with van der Waals surface area (Å²) in [5, 5.41) is 3.19. The minimum absolute atomic E-state index is 0.000665. The zero-order valence-electron chi connectivity index (χ0n) is 18.5. The first-order chi connectivity index (χ1) is 15.5. The average Bonchev–Trinajstić information content (AvgIpc) is 3.65. The molecule has 2 aromatic rings. The lowest BCUT2D eigenvalue weighted by atomic mass is 10.0. The van der Waals surface area contributed by atoms with Crippen LogP contribution in [0.1, 0.15) is 54.6 Å². The van der Waals surface area contributed by atoms with Gasteiger partial charge in [-0.1, -0.05) is 6.07 Å². The Hall–Kier alpha value is -3.22. The van der Waals surface area contributed by atoms with Crippen molar-refractivity contribution in [1.29, 1.82) is 0 Å². The number of ketones is 1. The molecule has 1 saturated carbocycles. The summed E-state index contributed by atoms with van der Waals surface area (Å²) in [7, 11) is 1.54. The predicted octanol–water partition coefficient (Wildman–Crippen LogP) is 4.10. The van der Waals surface area contributed by atoms with Crippen molar-refractivity contribution in [1.82, 2.24) is 5.32 Å². The molecule has 0 saturated heterocycles. The van der Waals surface area contributed by atoms with Crippen molar-refractivity contribution in [2.45, 2.75) is 38.6 Å². The Labute approximate surface area is 188 Å². The number of fused-ring (bicyclic) bond motifs is 1.